The third kappa shape index (κ3) is 8.22. The summed E-state index contributed by atoms with van der Waals surface area (Å²) in [5, 5.41) is 4.74. The molecule has 0 unspecified atom stereocenters. The quantitative estimate of drug-likeness (QED) is 0.108. The number of likely N-dealkylation sites (tertiary alicyclic amines) is 1. The van der Waals surface area contributed by atoms with E-state index in [1.807, 2.05) is 54.6 Å². The molecule has 4 amide bonds. The highest BCUT2D eigenvalue weighted by atomic mass is 32.2. The van der Waals surface area contributed by atoms with Crippen molar-refractivity contribution in [2.24, 2.45) is 0 Å². The van der Waals surface area contributed by atoms with Crippen LogP contribution in [-0.2, 0) is 16.1 Å². The molecule has 2 saturated heterocycles. The van der Waals surface area contributed by atoms with Crippen LogP contribution in [0.5, 0.6) is 0 Å². The summed E-state index contributed by atoms with van der Waals surface area (Å²) in [5.74, 6) is -2.10. The van der Waals surface area contributed by atoms with Gasteiger partial charge in [-0.25, -0.2) is 4.39 Å². The summed E-state index contributed by atoms with van der Waals surface area (Å²) in [4.78, 5) is 66.6. The molecule has 270 valence electrons. The molecule has 0 radical (unpaired) electrons. The maximum absolute atomic E-state index is 14.4. The first kappa shape index (κ1) is 36.2. The minimum Gasteiger partial charge on any atom is -0.372 e. The maximum atomic E-state index is 14.4. The molecule has 2 fully saturated rings. The normalized spacial score (nSPS) is 17.4. The molecule has 7 rings (SSSR count). The molecule has 2 aliphatic rings. The molecule has 0 aliphatic carbocycles. The second kappa shape index (κ2) is 16.2. The number of imide groups is 1. The molecule has 0 saturated carbocycles. The highest BCUT2D eigenvalue weighted by Gasteiger charge is 2.38. The number of ether oxygens (including phenoxy) is 1. The van der Waals surface area contributed by atoms with Gasteiger partial charge in [-0.1, -0.05) is 84.9 Å². The lowest BCUT2D eigenvalue weighted by Gasteiger charge is -2.25. The van der Waals surface area contributed by atoms with E-state index in [9.17, 15) is 28.4 Å². The topological polar surface area (TPSA) is 122 Å². The third-order valence-corrected chi connectivity index (χ3v) is 10.1. The summed E-state index contributed by atoms with van der Waals surface area (Å²) in [5.41, 5.74) is 4.74. The molecule has 5 aromatic carbocycles. The van der Waals surface area contributed by atoms with Crippen LogP contribution in [-0.4, -0.2) is 58.9 Å². The van der Waals surface area contributed by atoms with Gasteiger partial charge in [0.1, 0.15) is 5.82 Å². The molecule has 2 aliphatic heterocycles. The number of halogens is 1. The van der Waals surface area contributed by atoms with Crippen molar-refractivity contribution >= 4 is 46.6 Å². The van der Waals surface area contributed by atoms with Gasteiger partial charge in [0.15, 0.2) is 5.78 Å². The fourth-order valence-electron chi connectivity index (χ4n) is 6.58. The van der Waals surface area contributed by atoms with Crippen LogP contribution in [0.2, 0.25) is 0 Å². The average molecular weight is 740 g/mol. The second-order valence-corrected chi connectivity index (χ2v) is 13.9. The molecule has 2 N–H and O–H groups in total. The van der Waals surface area contributed by atoms with Crippen molar-refractivity contribution in [1.29, 1.82) is 0 Å². The van der Waals surface area contributed by atoms with E-state index in [2.05, 4.69) is 10.6 Å². The van der Waals surface area contributed by atoms with Crippen LogP contribution in [0.25, 0.3) is 17.2 Å². The number of carbonyl (C=O) groups is 5. The number of carbonyl (C=O) groups excluding carboxylic acids is 5. The van der Waals surface area contributed by atoms with E-state index in [0.717, 1.165) is 28.5 Å². The Bertz CT molecular complexity index is 2260. The van der Waals surface area contributed by atoms with Crippen molar-refractivity contribution in [3.63, 3.8) is 0 Å². The second-order valence-electron chi connectivity index (χ2n) is 12.9. The lowest BCUT2D eigenvalue weighted by atomic mass is 9.97. The summed E-state index contributed by atoms with van der Waals surface area (Å²) in [6.45, 7) is 0.639. The van der Waals surface area contributed by atoms with Crippen LogP contribution in [0.4, 0.5) is 9.18 Å². The van der Waals surface area contributed by atoms with E-state index >= 15 is 0 Å². The first-order valence-electron chi connectivity index (χ1n) is 17.3. The minimum absolute atomic E-state index is 0.115. The van der Waals surface area contributed by atoms with E-state index in [0.29, 0.717) is 24.2 Å². The monoisotopic (exact) mass is 739 g/mol. The molecular weight excluding hydrogens is 706 g/mol. The van der Waals surface area contributed by atoms with Gasteiger partial charge in [0.25, 0.3) is 23.0 Å². The molecule has 5 aromatic rings. The van der Waals surface area contributed by atoms with E-state index < -0.39 is 28.8 Å². The van der Waals surface area contributed by atoms with Crippen molar-refractivity contribution in [2.45, 2.75) is 25.2 Å². The van der Waals surface area contributed by atoms with Gasteiger partial charge in [-0.15, -0.1) is 0 Å². The average Bonchev–Trinajstić information content (AvgIpc) is 3.77. The van der Waals surface area contributed by atoms with Gasteiger partial charge in [-0.2, -0.15) is 0 Å². The summed E-state index contributed by atoms with van der Waals surface area (Å²) in [6.07, 6.45) is 1.63. The number of thioether (sulfide) groups is 1. The van der Waals surface area contributed by atoms with Crippen LogP contribution in [0, 0.1) is 5.82 Å². The van der Waals surface area contributed by atoms with Crippen molar-refractivity contribution in [1.82, 2.24) is 15.5 Å². The van der Waals surface area contributed by atoms with Crippen molar-refractivity contribution in [2.75, 3.05) is 13.1 Å². The van der Waals surface area contributed by atoms with Gasteiger partial charge in [-0.05, 0) is 89.0 Å². The number of hydrogen-bond acceptors (Lipinski definition) is 7. The van der Waals surface area contributed by atoms with Crippen LogP contribution in [0.3, 0.4) is 0 Å². The SMILES string of the molecule is O=C1NC(=O)/C(=C/c2ccc(C(=O)NC[C@@H]3C[C@@H](OCc4ccccc4-c4ccccc4)CN3C(=O)c3ccccc3C(=O)c3ccc(F)cc3)cc2)S1. The van der Waals surface area contributed by atoms with E-state index in [4.69, 9.17) is 4.74 Å². The number of nitrogens with one attached hydrogen (secondary N) is 2. The highest BCUT2D eigenvalue weighted by molar-refractivity contribution is 8.18. The van der Waals surface area contributed by atoms with Gasteiger partial charge in [0.2, 0.25) is 0 Å². The smallest absolute Gasteiger partial charge is 0.290 e. The Kier molecular flexibility index (Phi) is 10.9. The standard InChI is InChI=1S/C43H34FN3O6S/c44-32-20-18-29(19-21-32)39(48)36-12-6-7-13-37(36)42(51)47-25-34(53-26-31-10-4-5-11-35(31)28-8-2-1-3-9-28)23-33(47)24-45-40(49)30-16-14-27(15-17-30)22-38-41(50)46-43(52)54-38/h1-22,33-34H,23-26H2,(H,45,49)(H,46,50,52)/b38-22-/t33-,34+/m0/s1. The number of nitrogens with zero attached hydrogens (tertiary/aromatic N) is 1. The summed E-state index contributed by atoms with van der Waals surface area (Å²) in [7, 11) is 0. The largest absolute Gasteiger partial charge is 0.372 e. The Morgan fingerprint density at radius 2 is 1.48 bits per heavy atom. The minimum atomic E-state index is -0.474. The summed E-state index contributed by atoms with van der Waals surface area (Å²) < 4.78 is 20.1. The zero-order valence-corrected chi connectivity index (χ0v) is 29.7. The van der Waals surface area contributed by atoms with Crippen LogP contribution < -0.4 is 10.6 Å². The zero-order chi connectivity index (χ0) is 37.6. The number of hydrogen-bond donors (Lipinski definition) is 2. The van der Waals surface area contributed by atoms with Crippen molar-refractivity contribution in [3.8, 4) is 11.1 Å². The Morgan fingerprint density at radius 1 is 0.815 bits per heavy atom. The maximum Gasteiger partial charge on any atom is 0.290 e. The number of rotatable bonds is 11. The molecule has 9 nitrogen and oxygen atoms in total. The third-order valence-electron chi connectivity index (χ3n) is 9.33. The number of ketones is 1. The Labute approximate surface area is 315 Å². The van der Waals surface area contributed by atoms with Gasteiger partial charge >= 0.3 is 0 Å². The van der Waals surface area contributed by atoms with Crippen LogP contribution >= 0.6 is 11.8 Å². The van der Waals surface area contributed by atoms with Gasteiger partial charge in [-0.3, -0.25) is 29.3 Å². The Balaban J connectivity index is 1.10. The molecular formula is C43H34FN3O6S. The van der Waals surface area contributed by atoms with Crippen molar-refractivity contribution in [3.05, 3.63) is 171 Å². The molecule has 54 heavy (non-hydrogen) atoms. The molecule has 0 spiro atoms. The molecule has 0 aromatic heterocycles. The predicted molar refractivity (Wildman–Crippen MR) is 204 cm³/mol. The van der Waals surface area contributed by atoms with Gasteiger partial charge < -0.3 is 15.0 Å². The fourth-order valence-corrected chi connectivity index (χ4v) is 7.27. The Hall–Kier alpha value is -6.17. The van der Waals surface area contributed by atoms with Crippen LogP contribution in [0.15, 0.2) is 132 Å². The van der Waals surface area contributed by atoms with E-state index in [1.54, 1.807) is 59.5 Å². The molecule has 0 bridgehead atoms. The first-order chi connectivity index (χ1) is 26.2. The zero-order valence-electron chi connectivity index (χ0n) is 28.9. The summed E-state index contributed by atoms with van der Waals surface area (Å²) in [6, 6.07) is 35.8. The number of benzene rings is 5. The lowest BCUT2D eigenvalue weighted by molar-refractivity contribution is -0.115. The molecule has 2 atom stereocenters. The highest BCUT2D eigenvalue weighted by Crippen LogP contribution is 2.29. The van der Waals surface area contributed by atoms with E-state index in [-0.39, 0.29) is 52.6 Å². The summed E-state index contributed by atoms with van der Waals surface area (Å²) >= 11 is 0.813. The van der Waals surface area contributed by atoms with Crippen LogP contribution in [0.1, 0.15) is 54.2 Å². The molecule has 2 heterocycles. The lowest BCUT2D eigenvalue weighted by Crippen LogP contribution is -2.43. The first-order valence-corrected chi connectivity index (χ1v) is 18.1. The van der Waals surface area contributed by atoms with E-state index in [1.165, 1.54) is 24.3 Å². The van der Waals surface area contributed by atoms with Gasteiger partial charge in [0, 0.05) is 29.8 Å². The fraction of sp³-hybridized carbons (Fsp3) is 0.140. The van der Waals surface area contributed by atoms with Crippen molar-refractivity contribution < 1.29 is 33.1 Å². The Morgan fingerprint density at radius 3 is 2.20 bits per heavy atom. The predicted octanol–water partition coefficient (Wildman–Crippen LogP) is 7.28. The number of amides is 4. The van der Waals surface area contributed by atoms with Gasteiger partial charge in [0.05, 0.1) is 29.2 Å². The molecule has 11 heteroatoms.